The predicted molar refractivity (Wildman–Crippen MR) is 54.8 cm³/mol. The minimum atomic E-state index is -4.70. The fraction of sp³-hybridized carbons (Fsp3) is 0.364. The van der Waals surface area contributed by atoms with Crippen molar-refractivity contribution in [3.8, 4) is 5.75 Å². The van der Waals surface area contributed by atoms with Crippen molar-refractivity contribution in [3.63, 3.8) is 0 Å². The van der Waals surface area contributed by atoms with E-state index in [0.717, 1.165) is 0 Å². The SMILES string of the molecule is O=C1CO[C@@H](c2ccc(OC(F)(F)F)cc2)CN1. The maximum atomic E-state index is 11.9. The van der Waals surface area contributed by atoms with Crippen LogP contribution in [0.3, 0.4) is 0 Å². The van der Waals surface area contributed by atoms with Gasteiger partial charge in [-0.15, -0.1) is 13.2 Å². The molecule has 0 radical (unpaired) electrons. The van der Waals surface area contributed by atoms with Gasteiger partial charge in [-0.1, -0.05) is 12.1 Å². The summed E-state index contributed by atoms with van der Waals surface area (Å²) in [5, 5.41) is 2.61. The van der Waals surface area contributed by atoms with Crippen molar-refractivity contribution in [3.05, 3.63) is 29.8 Å². The molecule has 1 fully saturated rings. The quantitative estimate of drug-likeness (QED) is 0.882. The Balaban J connectivity index is 2.01. The lowest BCUT2D eigenvalue weighted by Crippen LogP contribution is -2.38. The maximum Gasteiger partial charge on any atom is 0.573 e. The summed E-state index contributed by atoms with van der Waals surface area (Å²) in [6.45, 7) is 0.254. The van der Waals surface area contributed by atoms with Gasteiger partial charge in [0.15, 0.2) is 0 Å². The van der Waals surface area contributed by atoms with Crippen molar-refractivity contribution in [2.75, 3.05) is 13.2 Å². The normalized spacial score (nSPS) is 20.4. The van der Waals surface area contributed by atoms with Crippen LogP contribution in [-0.2, 0) is 9.53 Å². The van der Waals surface area contributed by atoms with Crippen LogP contribution in [0, 0.1) is 0 Å². The molecule has 1 atom stereocenters. The first-order chi connectivity index (χ1) is 8.44. The number of rotatable bonds is 2. The van der Waals surface area contributed by atoms with Gasteiger partial charge in [0.05, 0.1) is 0 Å². The van der Waals surface area contributed by atoms with Crippen LogP contribution in [0.5, 0.6) is 5.75 Å². The van der Waals surface area contributed by atoms with Crippen molar-refractivity contribution >= 4 is 5.91 Å². The fourth-order valence-corrected chi connectivity index (χ4v) is 1.59. The van der Waals surface area contributed by atoms with Crippen molar-refractivity contribution < 1.29 is 27.4 Å². The van der Waals surface area contributed by atoms with Crippen LogP contribution in [-0.4, -0.2) is 25.4 Å². The van der Waals surface area contributed by atoms with Gasteiger partial charge in [-0.3, -0.25) is 4.79 Å². The zero-order valence-electron chi connectivity index (χ0n) is 9.16. The third kappa shape index (κ3) is 3.36. The van der Waals surface area contributed by atoms with Crippen LogP contribution in [0.15, 0.2) is 24.3 Å². The zero-order chi connectivity index (χ0) is 13.2. The number of benzene rings is 1. The summed E-state index contributed by atoms with van der Waals surface area (Å²) >= 11 is 0. The van der Waals surface area contributed by atoms with Gasteiger partial charge >= 0.3 is 6.36 Å². The van der Waals surface area contributed by atoms with Crippen LogP contribution >= 0.6 is 0 Å². The molecule has 0 saturated carbocycles. The summed E-state index contributed by atoms with van der Waals surface area (Å²) in [4.78, 5) is 10.9. The van der Waals surface area contributed by atoms with E-state index in [-0.39, 0.29) is 24.4 Å². The Bertz CT molecular complexity index is 420. The first kappa shape index (κ1) is 12.7. The Morgan fingerprint density at radius 2 is 1.94 bits per heavy atom. The number of morpholine rings is 1. The molecule has 0 aromatic heterocycles. The number of amides is 1. The molecular formula is C11H10F3NO3. The van der Waals surface area contributed by atoms with Gasteiger partial charge in [-0.25, -0.2) is 0 Å². The van der Waals surface area contributed by atoms with Gasteiger partial charge in [0, 0.05) is 6.54 Å². The number of nitrogens with one attached hydrogen (secondary N) is 1. The van der Waals surface area contributed by atoms with E-state index >= 15 is 0 Å². The molecule has 1 aromatic rings. The molecule has 1 saturated heterocycles. The van der Waals surface area contributed by atoms with Gasteiger partial charge in [0.25, 0.3) is 0 Å². The topological polar surface area (TPSA) is 47.6 Å². The van der Waals surface area contributed by atoms with Crippen LogP contribution < -0.4 is 10.1 Å². The van der Waals surface area contributed by atoms with Crippen LogP contribution in [0.4, 0.5) is 13.2 Å². The smallest absolute Gasteiger partial charge is 0.406 e. The maximum absolute atomic E-state index is 11.9. The molecule has 1 amide bonds. The van der Waals surface area contributed by atoms with Crippen molar-refractivity contribution in [2.24, 2.45) is 0 Å². The molecule has 7 heteroatoms. The molecule has 4 nitrogen and oxygen atoms in total. The van der Waals surface area contributed by atoms with E-state index < -0.39 is 6.36 Å². The lowest BCUT2D eigenvalue weighted by Gasteiger charge is -2.23. The summed E-state index contributed by atoms with van der Waals surface area (Å²) in [7, 11) is 0. The Kier molecular flexibility index (Phi) is 3.42. The highest BCUT2D eigenvalue weighted by Crippen LogP contribution is 2.25. The van der Waals surface area contributed by atoms with Gasteiger partial charge in [0.2, 0.25) is 5.91 Å². The number of carbonyl (C=O) groups is 1. The molecule has 1 aliphatic rings. The van der Waals surface area contributed by atoms with E-state index in [9.17, 15) is 18.0 Å². The van der Waals surface area contributed by atoms with Crippen molar-refractivity contribution in [2.45, 2.75) is 12.5 Å². The van der Waals surface area contributed by atoms with Crippen LogP contribution in [0.2, 0.25) is 0 Å². The zero-order valence-corrected chi connectivity index (χ0v) is 9.16. The number of carbonyl (C=O) groups excluding carboxylic acids is 1. The highest BCUT2D eigenvalue weighted by molar-refractivity contribution is 5.77. The summed E-state index contributed by atoms with van der Waals surface area (Å²) in [5.41, 5.74) is 0.685. The number of hydrogen-bond donors (Lipinski definition) is 1. The van der Waals surface area contributed by atoms with E-state index in [1.54, 1.807) is 0 Å². The van der Waals surface area contributed by atoms with E-state index in [1.165, 1.54) is 24.3 Å². The second-order valence-corrected chi connectivity index (χ2v) is 3.72. The third-order valence-corrected chi connectivity index (χ3v) is 2.39. The Hall–Kier alpha value is -1.76. The second-order valence-electron chi connectivity index (χ2n) is 3.72. The summed E-state index contributed by atoms with van der Waals surface area (Å²) in [6.07, 6.45) is -5.04. The molecule has 1 aromatic carbocycles. The minimum absolute atomic E-state index is 0.0501. The molecule has 1 N–H and O–H groups in total. The standard InChI is InChI=1S/C11H10F3NO3/c12-11(13,14)18-8-3-1-7(2-4-8)9-5-15-10(16)6-17-9/h1-4,9H,5-6H2,(H,15,16)/t9-/m1/s1. The molecule has 0 spiro atoms. The largest absolute Gasteiger partial charge is 0.573 e. The highest BCUT2D eigenvalue weighted by atomic mass is 19.4. The Labute approximate surface area is 101 Å². The van der Waals surface area contributed by atoms with E-state index in [0.29, 0.717) is 12.1 Å². The van der Waals surface area contributed by atoms with Gasteiger partial charge in [-0.2, -0.15) is 0 Å². The third-order valence-electron chi connectivity index (χ3n) is 2.39. The highest BCUT2D eigenvalue weighted by Gasteiger charge is 2.31. The molecule has 18 heavy (non-hydrogen) atoms. The number of hydrogen-bond acceptors (Lipinski definition) is 3. The monoisotopic (exact) mass is 261 g/mol. The molecular weight excluding hydrogens is 251 g/mol. The molecule has 2 rings (SSSR count). The van der Waals surface area contributed by atoms with Crippen LogP contribution in [0.25, 0.3) is 0 Å². The average Bonchev–Trinajstić information content (AvgIpc) is 2.29. The number of halogens is 3. The number of ether oxygens (including phenoxy) is 2. The Morgan fingerprint density at radius 1 is 1.28 bits per heavy atom. The summed E-state index contributed by atoms with van der Waals surface area (Å²) in [6, 6.07) is 5.37. The van der Waals surface area contributed by atoms with E-state index in [4.69, 9.17) is 4.74 Å². The summed E-state index contributed by atoms with van der Waals surface area (Å²) < 4.78 is 44.8. The van der Waals surface area contributed by atoms with E-state index in [2.05, 4.69) is 10.1 Å². The molecule has 98 valence electrons. The first-order valence-electron chi connectivity index (χ1n) is 5.18. The minimum Gasteiger partial charge on any atom is -0.406 e. The number of alkyl halides is 3. The molecule has 0 aliphatic carbocycles. The summed E-state index contributed by atoms with van der Waals surface area (Å²) in [5.74, 6) is -0.491. The van der Waals surface area contributed by atoms with Gasteiger partial charge in [0.1, 0.15) is 18.5 Å². The lowest BCUT2D eigenvalue weighted by atomic mass is 10.1. The van der Waals surface area contributed by atoms with Gasteiger partial charge in [-0.05, 0) is 17.7 Å². The van der Waals surface area contributed by atoms with Crippen molar-refractivity contribution in [1.82, 2.24) is 5.32 Å². The Morgan fingerprint density at radius 3 is 2.44 bits per heavy atom. The van der Waals surface area contributed by atoms with Gasteiger partial charge < -0.3 is 14.8 Å². The average molecular weight is 261 g/mol. The first-order valence-corrected chi connectivity index (χ1v) is 5.18. The molecule has 1 heterocycles. The van der Waals surface area contributed by atoms with Crippen molar-refractivity contribution in [1.29, 1.82) is 0 Å². The molecule has 1 aliphatic heterocycles. The predicted octanol–water partition coefficient (Wildman–Crippen LogP) is 1.77. The fourth-order valence-electron chi connectivity index (χ4n) is 1.59. The van der Waals surface area contributed by atoms with E-state index in [1.807, 2.05) is 0 Å². The lowest BCUT2D eigenvalue weighted by molar-refractivity contribution is -0.274. The van der Waals surface area contributed by atoms with Crippen LogP contribution in [0.1, 0.15) is 11.7 Å². The molecule has 0 bridgehead atoms. The molecule has 0 unspecified atom stereocenters. The second kappa shape index (κ2) is 4.85.